The van der Waals surface area contributed by atoms with Gasteiger partial charge in [-0.2, -0.15) is 13.2 Å². The number of aliphatic hydroxyl groups excluding tert-OH is 1. The summed E-state index contributed by atoms with van der Waals surface area (Å²) in [6, 6.07) is 3.98. The fourth-order valence-electron chi connectivity index (χ4n) is 1.21. The van der Waals surface area contributed by atoms with Gasteiger partial charge in [-0.15, -0.1) is 0 Å². The number of alkyl halides is 3. The monoisotopic (exact) mass is 234 g/mol. The number of hydrogen-bond acceptors (Lipinski definition) is 2. The summed E-state index contributed by atoms with van der Waals surface area (Å²) in [5.74, 6) is -1.27. The van der Waals surface area contributed by atoms with Gasteiger partial charge >= 0.3 is 12.1 Å². The fraction of sp³-hybridized carbons (Fsp3) is 0.300. The Balaban J connectivity index is 2.94. The third kappa shape index (κ3) is 3.23. The van der Waals surface area contributed by atoms with Crippen LogP contribution in [0.4, 0.5) is 13.2 Å². The summed E-state index contributed by atoms with van der Waals surface area (Å²) in [5.41, 5.74) is -0.966. The van der Waals surface area contributed by atoms with E-state index in [0.717, 1.165) is 18.2 Å². The zero-order valence-corrected chi connectivity index (χ0v) is 8.03. The number of aliphatic hydroxyl groups is 1. The summed E-state index contributed by atoms with van der Waals surface area (Å²) in [6.07, 6.45) is -6.56. The molecular weight excluding hydrogens is 225 g/mol. The molecule has 3 nitrogen and oxygen atoms in total. The quantitative estimate of drug-likeness (QED) is 0.842. The lowest BCUT2D eigenvalue weighted by Gasteiger charge is -2.11. The number of rotatable bonds is 3. The van der Waals surface area contributed by atoms with Gasteiger partial charge in [-0.1, -0.05) is 12.1 Å². The highest BCUT2D eigenvalue weighted by Gasteiger charge is 2.30. The summed E-state index contributed by atoms with van der Waals surface area (Å²) >= 11 is 0. The normalized spacial score (nSPS) is 13.5. The van der Waals surface area contributed by atoms with E-state index in [1.807, 2.05) is 0 Å². The Hall–Kier alpha value is -1.56. The Kier molecular flexibility index (Phi) is 3.54. The maximum Gasteiger partial charge on any atom is 0.416 e. The zero-order valence-electron chi connectivity index (χ0n) is 8.03. The predicted octanol–water partition coefficient (Wildman–Crippen LogP) is 2.21. The Morgan fingerprint density at radius 3 is 2.50 bits per heavy atom. The number of carboxylic acid groups (broad SMARTS) is 1. The van der Waals surface area contributed by atoms with Crippen LogP contribution in [0.3, 0.4) is 0 Å². The van der Waals surface area contributed by atoms with E-state index < -0.39 is 30.2 Å². The smallest absolute Gasteiger partial charge is 0.416 e. The molecule has 0 aliphatic rings. The zero-order chi connectivity index (χ0) is 12.3. The van der Waals surface area contributed by atoms with Gasteiger partial charge in [0.25, 0.3) is 0 Å². The van der Waals surface area contributed by atoms with Crippen molar-refractivity contribution in [3.05, 3.63) is 35.4 Å². The van der Waals surface area contributed by atoms with Gasteiger partial charge in [0.2, 0.25) is 0 Å². The summed E-state index contributed by atoms with van der Waals surface area (Å²) in [6.45, 7) is 0. The van der Waals surface area contributed by atoms with E-state index in [9.17, 15) is 23.1 Å². The first-order chi connectivity index (χ1) is 7.30. The Bertz CT molecular complexity index is 387. The third-order valence-electron chi connectivity index (χ3n) is 1.97. The molecule has 0 heterocycles. The Morgan fingerprint density at radius 1 is 1.38 bits per heavy atom. The van der Waals surface area contributed by atoms with Gasteiger partial charge in [-0.05, 0) is 17.7 Å². The van der Waals surface area contributed by atoms with E-state index in [1.54, 1.807) is 0 Å². The van der Waals surface area contributed by atoms with Crippen LogP contribution in [0.1, 0.15) is 23.7 Å². The van der Waals surface area contributed by atoms with E-state index in [4.69, 9.17) is 5.11 Å². The largest absolute Gasteiger partial charge is 0.481 e. The summed E-state index contributed by atoms with van der Waals surface area (Å²) in [7, 11) is 0. The van der Waals surface area contributed by atoms with Crippen LogP contribution in [-0.4, -0.2) is 16.2 Å². The number of hydrogen-bond donors (Lipinski definition) is 2. The van der Waals surface area contributed by atoms with Crippen molar-refractivity contribution in [2.24, 2.45) is 0 Å². The lowest BCUT2D eigenvalue weighted by Crippen LogP contribution is -2.09. The standard InChI is InChI=1S/C10H9F3O3/c11-10(12,13)7-3-1-2-6(4-7)8(14)5-9(15)16/h1-4,8,14H,5H2,(H,15,16)/t8-/m1/s1. The molecule has 16 heavy (non-hydrogen) atoms. The van der Waals surface area contributed by atoms with Crippen molar-refractivity contribution in [2.45, 2.75) is 18.7 Å². The highest BCUT2D eigenvalue weighted by molar-refractivity contribution is 5.67. The average molecular weight is 234 g/mol. The summed E-state index contributed by atoms with van der Waals surface area (Å²) in [4.78, 5) is 10.3. The average Bonchev–Trinajstić information content (AvgIpc) is 2.15. The molecule has 0 unspecified atom stereocenters. The number of carboxylic acids is 1. The SMILES string of the molecule is O=C(O)C[C@@H](O)c1cccc(C(F)(F)F)c1. The van der Waals surface area contributed by atoms with Gasteiger partial charge in [0.1, 0.15) is 0 Å². The maximum absolute atomic E-state index is 12.3. The number of halogens is 3. The highest BCUT2D eigenvalue weighted by atomic mass is 19.4. The minimum atomic E-state index is -4.50. The van der Waals surface area contributed by atoms with Crippen LogP contribution in [0.25, 0.3) is 0 Å². The predicted molar refractivity (Wildman–Crippen MR) is 48.7 cm³/mol. The maximum atomic E-state index is 12.3. The molecular formula is C10H9F3O3. The molecule has 0 aliphatic heterocycles. The van der Waals surface area contributed by atoms with Crippen molar-refractivity contribution in [1.29, 1.82) is 0 Å². The minimum absolute atomic E-state index is 0.0581. The molecule has 0 saturated heterocycles. The molecule has 0 aromatic heterocycles. The molecule has 0 saturated carbocycles. The van der Waals surface area contributed by atoms with Gasteiger partial charge in [0.05, 0.1) is 18.1 Å². The van der Waals surface area contributed by atoms with E-state index in [1.165, 1.54) is 6.07 Å². The second-order valence-corrected chi connectivity index (χ2v) is 3.24. The number of carbonyl (C=O) groups is 1. The molecule has 0 aliphatic carbocycles. The van der Waals surface area contributed by atoms with Gasteiger partial charge in [-0.3, -0.25) is 4.79 Å². The topological polar surface area (TPSA) is 57.5 Å². The molecule has 88 valence electrons. The first kappa shape index (κ1) is 12.5. The second-order valence-electron chi connectivity index (χ2n) is 3.24. The van der Waals surface area contributed by atoms with Crippen LogP contribution >= 0.6 is 0 Å². The summed E-state index contributed by atoms with van der Waals surface area (Å²) in [5, 5.41) is 17.7. The van der Waals surface area contributed by atoms with Crippen molar-refractivity contribution in [2.75, 3.05) is 0 Å². The Morgan fingerprint density at radius 2 is 2.00 bits per heavy atom. The Labute approximate surface area is 89.1 Å². The molecule has 0 spiro atoms. The van der Waals surface area contributed by atoms with Gasteiger partial charge in [0.15, 0.2) is 0 Å². The lowest BCUT2D eigenvalue weighted by atomic mass is 10.0. The van der Waals surface area contributed by atoms with E-state index in [2.05, 4.69) is 0 Å². The van der Waals surface area contributed by atoms with Crippen LogP contribution in [0.15, 0.2) is 24.3 Å². The highest BCUT2D eigenvalue weighted by Crippen LogP contribution is 2.31. The van der Waals surface area contributed by atoms with Crippen LogP contribution < -0.4 is 0 Å². The van der Waals surface area contributed by atoms with Crippen molar-refractivity contribution in [3.8, 4) is 0 Å². The third-order valence-corrected chi connectivity index (χ3v) is 1.97. The second kappa shape index (κ2) is 4.52. The first-order valence-corrected chi connectivity index (χ1v) is 4.37. The van der Waals surface area contributed by atoms with Crippen LogP contribution in [0.2, 0.25) is 0 Å². The molecule has 1 atom stereocenters. The van der Waals surface area contributed by atoms with Crippen LogP contribution in [0.5, 0.6) is 0 Å². The molecule has 0 bridgehead atoms. The molecule has 0 radical (unpaired) electrons. The first-order valence-electron chi connectivity index (χ1n) is 4.37. The lowest BCUT2D eigenvalue weighted by molar-refractivity contribution is -0.139. The van der Waals surface area contributed by atoms with E-state index in [-0.39, 0.29) is 5.56 Å². The molecule has 1 rings (SSSR count). The van der Waals surface area contributed by atoms with Crippen molar-refractivity contribution in [1.82, 2.24) is 0 Å². The summed E-state index contributed by atoms with van der Waals surface area (Å²) < 4.78 is 36.9. The van der Waals surface area contributed by atoms with Gasteiger partial charge in [0, 0.05) is 0 Å². The van der Waals surface area contributed by atoms with Gasteiger partial charge < -0.3 is 10.2 Å². The van der Waals surface area contributed by atoms with Crippen LogP contribution in [-0.2, 0) is 11.0 Å². The molecule has 1 aromatic carbocycles. The number of aliphatic carboxylic acids is 1. The van der Waals surface area contributed by atoms with Gasteiger partial charge in [-0.25, -0.2) is 0 Å². The molecule has 0 fully saturated rings. The van der Waals surface area contributed by atoms with E-state index >= 15 is 0 Å². The number of benzene rings is 1. The van der Waals surface area contributed by atoms with E-state index in [0.29, 0.717) is 0 Å². The van der Waals surface area contributed by atoms with Crippen molar-refractivity contribution >= 4 is 5.97 Å². The molecule has 1 aromatic rings. The molecule has 6 heteroatoms. The minimum Gasteiger partial charge on any atom is -0.481 e. The van der Waals surface area contributed by atoms with Crippen LogP contribution in [0, 0.1) is 0 Å². The molecule has 2 N–H and O–H groups in total. The fourth-order valence-corrected chi connectivity index (χ4v) is 1.21. The van der Waals surface area contributed by atoms with Crippen molar-refractivity contribution < 1.29 is 28.2 Å². The van der Waals surface area contributed by atoms with Crippen molar-refractivity contribution in [3.63, 3.8) is 0 Å². The molecule has 0 amide bonds.